The maximum Gasteiger partial charge on any atom is 0.244 e. The summed E-state index contributed by atoms with van der Waals surface area (Å²) < 4.78 is 7.65. The summed E-state index contributed by atoms with van der Waals surface area (Å²) in [6.07, 6.45) is 0.861. The third kappa shape index (κ3) is 2.52. The molecule has 2 atom stereocenters. The molecule has 1 amide bonds. The Morgan fingerprint density at radius 3 is 2.79 bits per heavy atom. The van der Waals surface area contributed by atoms with Crippen LogP contribution in [0.25, 0.3) is 11.0 Å². The number of hydrogen-bond acceptors (Lipinski definition) is 4. The predicted molar refractivity (Wildman–Crippen MR) is 109 cm³/mol. The largest absolute Gasteiger partial charge is 0.495 e. The molecule has 1 aromatic heterocycles. The highest BCUT2D eigenvalue weighted by Gasteiger charge is 2.50. The molecule has 0 N–H and O–H groups in total. The number of para-hydroxylation sites is 2. The second-order valence-electron chi connectivity index (χ2n) is 7.79. The molecule has 2 aliphatic rings. The zero-order valence-electron chi connectivity index (χ0n) is 16.4. The highest BCUT2D eigenvalue weighted by Crippen LogP contribution is 2.40. The third-order valence-electron chi connectivity index (χ3n) is 6.09. The van der Waals surface area contributed by atoms with Gasteiger partial charge in [-0.3, -0.25) is 9.69 Å². The quantitative estimate of drug-likeness (QED) is 0.703. The van der Waals surface area contributed by atoms with Crippen molar-refractivity contribution >= 4 is 22.6 Å². The van der Waals surface area contributed by atoms with E-state index < -0.39 is 0 Å². The van der Waals surface area contributed by atoms with Crippen LogP contribution in [0.1, 0.15) is 17.8 Å². The summed E-state index contributed by atoms with van der Waals surface area (Å²) in [5, 5.41) is 0. The Labute approximate surface area is 164 Å². The summed E-state index contributed by atoms with van der Waals surface area (Å²) in [4.78, 5) is 22.2. The lowest BCUT2D eigenvalue weighted by atomic mass is 10.1. The Morgan fingerprint density at radius 2 is 2.04 bits per heavy atom. The average molecular weight is 376 g/mol. The molecule has 2 saturated heterocycles. The fraction of sp³-hybridized carbons (Fsp3) is 0.364. The number of hydrogen-bond donors (Lipinski definition) is 0. The SMILES string of the molecule is COc1ccc(C)cc1N1C(=O)[C@@H]2C[C@H]1CN2Cc1nc2ccccc2n1C. The molecule has 2 aromatic carbocycles. The number of methoxy groups -OCH3 is 1. The average Bonchev–Trinajstić information content (AvgIpc) is 3.34. The number of amides is 1. The number of ether oxygens (including phenoxy) is 1. The van der Waals surface area contributed by atoms with Crippen LogP contribution in [-0.2, 0) is 18.4 Å². The van der Waals surface area contributed by atoms with Gasteiger partial charge in [0.2, 0.25) is 5.91 Å². The summed E-state index contributed by atoms with van der Waals surface area (Å²) in [6.45, 7) is 3.59. The number of imidazole rings is 1. The van der Waals surface area contributed by atoms with Crippen LogP contribution in [0, 0.1) is 6.92 Å². The fourth-order valence-corrected chi connectivity index (χ4v) is 4.66. The van der Waals surface area contributed by atoms with Crippen LogP contribution >= 0.6 is 0 Å². The number of aryl methyl sites for hydroxylation is 2. The standard InChI is InChI=1S/C22H24N4O2/c1-14-8-9-20(28-3)18(10-14)26-15-11-19(22(26)27)25(12-15)13-21-23-16-6-4-5-7-17(16)24(21)2/h4-10,15,19H,11-13H2,1-3H3/t15-,19-/m0/s1. The molecule has 144 valence electrons. The van der Waals surface area contributed by atoms with Gasteiger partial charge in [-0.25, -0.2) is 4.98 Å². The summed E-state index contributed by atoms with van der Waals surface area (Å²) in [7, 11) is 3.70. The van der Waals surface area contributed by atoms with Crippen molar-refractivity contribution < 1.29 is 9.53 Å². The number of nitrogens with zero attached hydrogens (tertiary/aromatic N) is 4. The molecular formula is C22H24N4O2. The molecule has 0 saturated carbocycles. The van der Waals surface area contributed by atoms with Gasteiger partial charge in [0.05, 0.1) is 42.5 Å². The molecule has 0 radical (unpaired) electrons. The molecule has 2 aliphatic heterocycles. The summed E-state index contributed by atoms with van der Waals surface area (Å²) in [5.41, 5.74) is 4.14. The van der Waals surface area contributed by atoms with E-state index >= 15 is 0 Å². The van der Waals surface area contributed by atoms with E-state index in [4.69, 9.17) is 9.72 Å². The monoisotopic (exact) mass is 376 g/mol. The van der Waals surface area contributed by atoms with Crippen molar-refractivity contribution in [3.8, 4) is 5.75 Å². The van der Waals surface area contributed by atoms with E-state index in [-0.39, 0.29) is 18.0 Å². The lowest BCUT2D eigenvalue weighted by Crippen LogP contribution is -2.50. The zero-order chi connectivity index (χ0) is 19.4. The van der Waals surface area contributed by atoms with E-state index in [1.807, 2.05) is 55.3 Å². The summed E-state index contributed by atoms with van der Waals surface area (Å²) in [5.74, 6) is 1.92. The Balaban J connectivity index is 1.41. The van der Waals surface area contributed by atoms with Crippen LogP contribution in [0.3, 0.4) is 0 Å². The Bertz CT molecular complexity index is 1070. The van der Waals surface area contributed by atoms with Crippen molar-refractivity contribution in [1.29, 1.82) is 0 Å². The normalized spacial score (nSPS) is 21.8. The lowest BCUT2D eigenvalue weighted by Gasteiger charge is -2.34. The minimum atomic E-state index is -0.0879. The van der Waals surface area contributed by atoms with E-state index in [0.29, 0.717) is 6.54 Å². The number of carbonyl (C=O) groups excluding carboxylic acids is 1. The van der Waals surface area contributed by atoms with Crippen LogP contribution in [0.4, 0.5) is 5.69 Å². The number of likely N-dealkylation sites (tertiary alicyclic amines) is 1. The van der Waals surface area contributed by atoms with E-state index in [9.17, 15) is 4.79 Å². The molecule has 28 heavy (non-hydrogen) atoms. The van der Waals surface area contributed by atoms with Crippen molar-refractivity contribution in [2.75, 3.05) is 18.6 Å². The van der Waals surface area contributed by atoms with Gasteiger partial charge >= 0.3 is 0 Å². The summed E-state index contributed by atoms with van der Waals surface area (Å²) >= 11 is 0. The number of piperazine rings is 1. The minimum Gasteiger partial charge on any atom is -0.495 e. The number of fused-ring (bicyclic) bond motifs is 3. The molecule has 6 nitrogen and oxygen atoms in total. The van der Waals surface area contributed by atoms with Crippen molar-refractivity contribution in [2.45, 2.75) is 32.0 Å². The van der Waals surface area contributed by atoms with Gasteiger partial charge in [0.1, 0.15) is 11.6 Å². The molecule has 0 spiro atoms. The number of anilines is 1. The maximum atomic E-state index is 13.2. The first-order valence-electron chi connectivity index (χ1n) is 9.69. The molecule has 6 heteroatoms. The van der Waals surface area contributed by atoms with E-state index in [0.717, 1.165) is 46.8 Å². The van der Waals surface area contributed by atoms with E-state index in [1.165, 1.54) is 0 Å². The summed E-state index contributed by atoms with van der Waals surface area (Å²) in [6, 6.07) is 14.3. The highest BCUT2D eigenvalue weighted by atomic mass is 16.5. The zero-order valence-corrected chi connectivity index (χ0v) is 16.4. The maximum absolute atomic E-state index is 13.2. The van der Waals surface area contributed by atoms with E-state index in [2.05, 4.69) is 15.5 Å². The fourth-order valence-electron chi connectivity index (χ4n) is 4.66. The van der Waals surface area contributed by atoms with Crippen LogP contribution in [0.2, 0.25) is 0 Å². The first kappa shape index (κ1) is 17.3. The topological polar surface area (TPSA) is 50.6 Å². The van der Waals surface area contributed by atoms with Crippen molar-refractivity contribution in [2.24, 2.45) is 7.05 Å². The third-order valence-corrected chi connectivity index (χ3v) is 6.09. The van der Waals surface area contributed by atoms with Gasteiger partial charge in [-0.1, -0.05) is 18.2 Å². The molecule has 5 rings (SSSR count). The van der Waals surface area contributed by atoms with E-state index in [1.54, 1.807) is 7.11 Å². The Hall–Kier alpha value is -2.86. The molecule has 2 fully saturated rings. The number of carbonyl (C=O) groups is 1. The smallest absolute Gasteiger partial charge is 0.244 e. The molecule has 0 aliphatic carbocycles. The molecule has 3 heterocycles. The minimum absolute atomic E-state index is 0.0879. The van der Waals surface area contributed by atoms with Crippen molar-refractivity contribution in [3.63, 3.8) is 0 Å². The molecule has 2 bridgehead atoms. The van der Waals surface area contributed by atoms with Gasteiger partial charge in [0.15, 0.2) is 0 Å². The highest BCUT2D eigenvalue weighted by molar-refractivity contribution is 6.02. The molecular weight excluding hydrogens is 352 g/mol. The van der Waals surface area contributed by atoms with Crippen LogP contribution < -0.4 is 9.64 Å². The second-order valence-corrected chi connectivity index (χ2v) is 7.79. The predicted octanol–water partition coefficient (Wildman–Crippen LogP) is 2.88. The molecule has 0 unspecified atom stereocenters. The lowest BCUT2D eigenvalue weighted by molar-refractivity contribution is -0.122. The van der Waals surface area contributed by atoms with Gasteiger partial charge in [-0.05, 0) is 43.2 Å². The van der Waals surface area contributed by atoms with Gasteiger partial charge < -0.3 is 14.2 Å². The van der Waals surface area contributed by atoms with Crippen LogP contribution in [0.5, 0.6) is 5.75 Å². The van der Waals surface area contributed by atoms with Crippen molar-refractivity contribution in [1.82, 2.24) is 14.5 Å². The number of benzene rings is 2. The molecule has 3 aromatic rings. The first-order chi connectivity index (χ1) is 13.6. The number of aromatic nitrogens is 2. The van der Waals surface area contributed by atoms with Gasteiger partial charge in [-0.15, -0.1) is 0 Å². The van der Waals surface area contributed by atoms with Crippen molar-refractivity contribution in [3.05, 3.63) is 53.9 Å². The van der Waals surface area contributed by atoms with Gasteiger partial charge in [0.25, 0.3) is 0 Å². The first-order valence-corrected chi connectivity index (χ1v) is 9.69. The second kappa shape index (κ2) is 6.34. The van der Waals surface area contributed by atoms with Crippen LogP contribution in [0.15, 0.2) is 42.5 Å². The number of rotatable bonds is 4. The Kier molecular flexibility index (Phi) is 3.91. The van der Waals surface area contributed by atoms with Gasteiger partial charge in [-0.2, -0.15) is 0 Å². The van der Waals surface area contributed by atoms with Gasteiger partial charge in [0, 0.05) is 13.6 Å². The Morgan fingerprint density at radius 1 is 1.21 bits per heavy atom. The van der Waals surface area contributed by atoms with Crippen LogP contribution in [-0.4, -0.2) is 46.1 Å².